The van der Waals surface area contributed by atoms with Gasteiger partial charge in [-0.1, -0.05) is 25.0 Å². The zero-order valence-electron chi connectivity index (χ0n) is 13.2. The molecule has 23 heavy (non-hydrogen) atoms. The van der Waals surface area contributed by atoms with Gasteiger partial charge in [0.25, 0.3) is 0 Å². The Kier molecular flexibility index (Phi) is 5.73. The van der Waals surface area contributed by atoms with Crippen LogP contribution in [0.1, 0.15) is 44.1 Å². The third-order valence-electron chi connectivity index (χ3n) is 4.21. The molecule has 1 fully saturated rings. The second kappa shape index (κ2) is 7.76. The van der Waals surface area contributed by atoms with E-state index in [1.54, 1.807) is 31.2 Å². The lowest BCUT2D eigenvalue weighted by atomic mass is 10.00. The number of carboxylic acids is 1. The molecular weight excluding hydrogens is 296 g/mol. The zero-order valence-corrected chi connectivity index (χ0v) is 13.2. The molecule has 6 heteroatoms. The third kappa shape index (κ3) is 4.81. The molecule has 1 saturated carbocycles. The molecule has 1 unspecified atom stereocenters. The fourth-order valence-electron chi connectivity index (χ4n) is 2.75. The molecule has 0 saturated heterocycles. The molecule has 0 spiro atoms. The fraction of sp³-hybridized carbons (Fsp3) is 0.471. The highest BCUT2D eigenvalue weighted by Gasteiger charge is 2.22. The van der Waals surface area contributed by atoms with Crippen molar-refractivity contribution in [1.29, 1.82) is 0 Å². The van der Waals surface area contributed by atoms with Crippen LogP contribution in [0.5, 0.6) is 0 Å². The first-order chi connectivity index (χ1) is 11.0. The van der Waals surface area contributed by atoms with Crippen LogP contribution < -0.4 is 10.6 Å². The molecule has 1 aromatic rings. The molecule has 1 aromatic carbocycles. The number of hydrogen-bond acceptors (Lipinski definition) is 3. The lowest BCUT2D eigenvalue weighted by Gasteiger charge is -2.13. The average molecular weight is 318 g/mol. The number of rotatable bonds is 6. The second-order valence-corrected chi connectivity index (χ2v) is 5.93. The molecule has 0 aromatic heterocycles. The molecule has 2 rings (SSSR count). The number of anilines is 1. The van der Waals surface area contributed by atoms with Crippen LogP contribution in [0.15, 0.2) is 24.3 Å². The maximum atomic E-state index is 12.1. The Morgan fingerprint density at radius 1 is 1.17 bits per heavy atom. The Labute approximate surface area is 135 Å². The van der Waals surface area contributed by atoms with Gasteiger partial charge >= 0.3 is 5.97 Å². The van der Waals surface area contributed by atoms with Crippen molar-refractivity contribution in [2.75, 3.05) is 11.9 Å². The van der Waals surface area contributed by atoms with Crippen LogP contribution in [0.4, 0.5) is 5.69 Å². The van der Waals surface area contributed by atoms with Gasteiger partial charge in [-0.25, -0.2) is 0 Å². The lowest BCUT2D eigenvalue weighted by Crippen LogP contribution is -2.32. The Hall–Kier alpha value is -2.37. The number of carbonyl (C=O) groups is 3. The summed E-state index contributed by atoms with van der Waals surface area (Å²) < 4.78 is 0. The molecular formula is C17H22N2O4. The predicted molar refractivity (Wildman–Crippen MR) is 86.1 cm³/mol. The maximum Gasteiger partial charge on any atom is 0.322 e. The number of amides is 2. The van der Waals surface area contributed by atoms with E-state index in [2.05, 4.69) is 10.6 Å². The quantitative estimate of drug-likeness (QED) is 0.748. The zero-order chi connectivity index (χ0) is 16.8. The minimum absolute atomic E-state index is 0.0579. The van der Waals surface area contributed by atoms with Crippen molar-refractivity contribution in [2.24, 2.45) is 5.92 Å². The summed E-state index contributed by atoms with van der Waals surface area (Å²) in [6.45, 7) is 1.32. The molecule has 1 aliphatic rings. The van der Waals surface area contributed by atoms with Crippen molar-refractivity contribution in [3.63, 3.8) is 0 Å². The Morgan fingerprint density at radius 3 is 2.35 bits per heavy atom. The van der Waals surface area contributed by atoms with E-state index < -0.39 is 18.4 Å². The van der Waals surface area contributed by atoms with E-state index in [1.807, 2.05) is 0 Å². The molecule has 1 atom stereocenters. The van der Waals surface area contributed by atoms with Gasteiger partial charge in [0.1, 0.15) is 6.54 Å². The van der Waals surface area contributed by atoms with Gasteiger partial charge in [-0.2, -0.15) is 0 Å². The van der Waals surface area contributed by atoms with Gasteiger partial charge in [0.2, 0.25) is 11.8 Å². The van der Waals surface area contributed by atoms with Crippen molar-refractivity contribution in [3.05, 3.63) is 29.8 Å². The summed E-state index contributed by atoms with van der Waals surface area (Å²) in [4.78, 5) is 34.4. The molecule has 1 aliphatic carbocycles. The molecule has 124 valence electrons. The number of nitrogens with one attached hydrogen (secondary N) is 2. The van der Waals surface area contributed by atoms with Crippen molar-refractivity contribution in [2.45, 2.75) is 38.5 Å². The van der Waals surface area contributed by atoms with Crippen molar-refractivity contribution >= 4 is 23.5 Å². The monoisotopic (exact) mass is 318 g/mol. The van der Waals surface area contributed by atoms with Gasteiger partial charge in [-0.15, -0.1) is 0 Å². The molecule has 6 nitrogen and oxygen atoms in total. The van der Waals surface area contributed by atoms with E-state index in [4.69, 9.17) is 5.11 Å². The van der Waals surface area contributed by atoms with E-state index in [-0.39, 0.29) is 17.7 Å². The van der Waals surface area contributed by atoms with Crippen LogP contribution in [-0.2, 0) is 14.4 Å². The van der Waals surface area contributed by atoms with Crippen LogP contribution in [0.25, 0.3) is 0 Å². The molecule has 0 heterocycles. The predicted octanol–water partition coefficient (Wildman–Crippen LogP) is 2.12. The van der Waals surface area contributed by atoms with Crippen molar-refractivity contribution in [3.8, 4) is 0 Å². The molecule has 0 aliphatic heterocycles. The third-order valence-corrected chi connectivity index (χ3v) is 4.21. The van der Waals surface area contributed by atoms with Crippen LogP contribution in [0, 0.1) is 5.92 Å². The van der Waals surface area contributed by atoms with Crippen LogP contribution >= 0.6 is 0 Å². The smallest absolute Gasteiger partial charge is 0.322 e. The number of aliphatic carboxylic acids is 1. The van der Waals surface area contributed by atoms with Gasteiger partial charge < -0.3 is 15.7 Å². The van der Waals surface area contributed by atoms with Gasteiger partial charge in [0, 0.05) is 11.6 Å². The molecule has 0 radical (unpaired) electrons. The summed E-state index contributed by atoms with van der Waals surface area (Å²) >= 11 is 0. The van der Waals surface area contributed by atoms with E-state index in [0.717, 1.165) is 31.2 Å². The van der Waals surface area contributed by atoms with E-state index in [0.29, 0.717) is 5.69 Å². The summed E-state index contributed by atoms with van der Waals surface area (Å²) in [5, 5.41) is 13.8. The highest BCUT2D eigenvalue weighted by atomic mass is 16.4. The maximum absolute atomic E-state index is 12.1. The largest absolute Gasteiger partial charge is 0.480 e. The van der Waals surface area contributed by atoms with Crippen LogP contribution in [0.3, 0.4) is 0 Å². The summed E-state index contributed by atoms with van der Waals surface area (Å²) in [5.74, 6) is -1.70. The number of benzene rings is 1. The topological polar surface area (TPSA) is 95.5 Å². The normalized spacial score (nSPS) is 15.9. The highest BCUT2D eigenvalue weighted by Crippen LogP contribution is 2.26. The summed E-state index contributed by atoms with van der Waals surface area (Å²) in [6.07, 6.45) is 4.12. The number of carboxylic acid groups (broad SMARTS) is 1. The Bertz CT molecular complexity index is 577. The van der Waals surface area contributed by atoms with Crippen molar-refractivity contribution < 1.29 is 19.5 Å². The summed E-state index contributed by atoms with van der Waals surface area (Å²) in [6, 6.07) is 7.08. The summed E-state index contributed by atoms with van der Waals surface area (Å²) in [7, 11) is 0. The van der Waals surface area contributed by atoms with Gasteiger partial charge in [-0.3, -0.25) is 14.4 Å². The van der Waals surface area contributed by atoms with Crippen LogP contribution in [-0.4, -0.2) is 29.4 Å². The lowest BCUT2D eigenvalue weighted by molar-refractivity contribution is -0.138. The highest BCUT2D eigenvalue weighted by molar-refractivity contribution is 5.93. The van der Waals surface area contributed by atoms with E-state index >= 15 is 0 Å². The van der Waals surface area contributed by atoms with Crippen LogP contribution in [0.2, 0.25) is 0 Å². The molecule has 0 bridgehead atoms. The Balaban J connectivity index is 1.91. The molecule has 2 amide bonds. The minimum Gasteiger partial charge on any atom is -0.480 e. The standard InChI is InChI=1S/C17H22N2O4/c1-11(16(22)18-10-15(20)21)12-6-8-14(9-7-12)19-17(23)13-4-2-3-5-13/h6-9,11,13H,2-5,10H2,1H3,(H,18,22)(H,19,23)(H,20,21). The molecule has 3 N–H and O–H groups in total. The first-order valence-corrected chi connectivity index (χ1v) is 7.87. The first kappa shape index (κ1) is 17.0. The Morgan fingerprint density at radius 2 is 1.78 bits per heavy atom. The first-order valence-electron chi connectivity index (χ1n) is 7.87. The fourth-order valence-corrected chi connectivity index (χ4v) is 2.75. The van der Waals surface area contributed by atoms with Gasteiger partial charge in [-0.05, 0) is 37.5 Å². The number of carbonyl (C=O) groups excluding carboxylic acids is 2. The number of hydrogen-bond donors (Lipinski definition) is 3. The average Bonchev–Trinajstić information content (AvgIpc) is 3.07. The van der Waals surface area contributed by atoms with Crippen molar-refractivity contribution in [1.82, 2.24) is 5.32 Å². The summed E-state index contributed by atoms with van der Waals surface area (Å²) in [5.41, 5.74) is 1.48. The van der Waals surface area contributed by atoms with Gasteiger partial charge in [0.15, 0.2) is 0 Å². The SMILES string of the molecule is CC(C(=O)NCC(=O)O)c1ccc(NC(=O)C2CCCC2)cc1. The van der Waals surface area contributed by atoms with Gasteiger partial charge in [0.05, 0.1) is 5.92 Å². The van der Waals surface area contributed by atoms with E-state index in [9.17, 15) is 14.4 Å². The minimum atomic E-state index is -1.07. The second-order valence-electron chi connectivity index (χ2n) is 5.93. The van der Waals surface area contributed by atoms with E-state index in [1.165, 1.54) is 0 Å².